The van der Waals surface area contributed by atoms with E-state index in [9.17, 15) is 13.2 Å². The Bertz CT molecular complexity index is 268. The van der Waals surface area contributed by atoms with Crippen LogP contribution in [-0.2, 0) is 6.67 Å². The third-order valence-corrected chi connectivity index (χ3v) is 1.44. The highest BCUT2D eigenvalue weighted by Crippen LogP contribution is 2.15. The van der Waals surface area contributed by atoms with Gasteiger partial charge in [0.15, 0.2) is 0 Å². The van der Waals surface area contributed by atoms with Gasteiger partial charge >= 0.3 is 0 Å². The zero-order chi connectivity index (χ0) is 8.43. The molecule has 1 rings (SSSR count). The van der Waals surface area contributed by atoms with Crippen molar-refractivity contribution in [2.24, 2.45) is 0 Å². The number of hydrogen-bond donors (Lipinski definition) is 0. The molecule has 0 fully saturated rings. The van der Waals surface area contributed by atoms with Gasteiger partial charge in [-0.2, -0.15) is 0 Å². The number of aryl methyl sites for hydroxylation is 1. The summed E-state index contributed by atoms with van der Waals surface area (Å²) >= 11 is 0. The maximum atomic E-state index is 12.8. The Morgan fingerprint density at radius 3 is 2.45 bits per heavy atom. The Morgan fingerprint density at radius 2 is 1.91 bits per heavy atom. The van der Waals surface area contributed by atoms with Gasteiger partial charge in [-0.3, -0.25) is 0 Å². The van der Waals surface area contributed by atoms with E-state index in [1.165, 1.54) is 6.92 Å². The van der Waals surface area contributed by atoms with Gasteiger partial charge in [-0.15, -0.1) is 0 Å². The van der Waals surface area contributed by atoms with Crippen LogP contribution in [0.25, 0.3) is 0 Å². The Kier molecular flexibility index (Phi) is 2.17. The lowest BCUT2D eigenvalue weighted by Gasteiger charge is -2.00. The fourth-order valence-corrected chi connectivity index (χ4v) is 0.892. The first kappa shape index (κ1) is 8.11. The van der Waals surface area contributed by atoms with E-state index in [1.54, 1.807) is 0 Å². The van der Waals surface area contributed by atoms with Crippen LogP contribution >= 0.6 is 0 Å². The molecule has 3 heteroatoms. The molecule has 0 amide bonds. The lowest BCUT2D eigenvalue weighted by molar-refractivity contribution is 0.458. The van der Waals surface area contributed by atoms with E-state index in [2.05, 4.69) is 0 Å². The first-order valence-corrected chi connectivity index (χ1v) is 3.15. The zero-order valence-corrected chi connectivity index (χ0v) is 6.00. The fourth-order valence-electron chi connectivity index (χ4n) is 0.892. The van der Waals surface area contributed by atoms with Crippen molar-refractivity contribution in [2.75, 3.05) is 0 Å². The fraction of sp³-hybridized carbons (Fsp3) is 0.250. The summed E-state index contributed by atoms with van der Waals surface area (Å²) in [4.78, 5) is 0. The second kappa shape index (κ2) is 2.95. The van der Waals surface area contributed by atoms with Gasteiger partial charge in [-0.1, -0.05) is 0 Å². The largest absolute Gasteiger partial charge is 0.246 e. The molecule has 0 radical (unpaired) electrons. The Morgan fingerprint density at radius 1 is 1.27 bits per heavy atom. The Balaban J connectivity index is 3.24. The predicted octanol–water partition coefficient (Wildman–Crippen LogP) is 2.74. The summed E-state index contributed by atoms with van der Waals surface area (Å²) in [5, 5.41) is 0. The minimum atomic E-state index is -0.968. The molecule has 0 aliphatic rings. The van der Waals surface area contributed by atoms with Crippen LogP contribution in [0.15, 0.2) is 12.1 Å². The average molecular weight is 160 g/mol. The molecule has 60 valence electrons. The molecule has 0 N–H and O–H groups in total. The van der Waals surface area contributed by atoms with Crippen LogP contribution in [0.3, 0.4) is 0 Å². The van der Waals surface area contributed by atoms with E-state index < -0.39 is 18.3 Å². The van der Waals surface area contributed by atoms with Gasteiger partial charge in [0, 0.05) is 5.56 Å². The highest BCUT2D eigenvalue weighted by Gasteiger charge is 2.06. The molecule has 0 unspecified atom stereocenters. The quantitative estimate of drug-likeness (QED) is 0.592. The first-order chi connectivity index (χ1) is 5.15. The minimum absolute atomic E-state index is 0.137. The van der Waals surface area contributed by atoms with Crippen molar-refractivity contribution >= 4 is 0 Å². The first-order valence-electron chi connectivity index (χ1n) is 3.15. The Labute approximate surface area is 62.7 Å². The van der Waals surface area contributed by atoms with Crippen LogP contribution in [0.2, 0.25) is 0 Å². The van der Waals surface area contributed by atoms with E-state index >= 15 is 0 Å². The number of hydrogen-bond acceptors (Lipinski definition) is 0. The van der Waals surface area contributed by atoms with Crippen LogP contribution in [0, 0.1) is 18.6 Å². The lowest BCUT2D eigenvalue weighted by Crippen LogP contribution is -1.92. The maximum Gasteiger partial charge on any atom is 0.132 e. The number of halogens is 3. The summed E-state index contributed by atoms with van der Waals surface area (Å²) in [7, 11) is 0. The van der Waals surface area contributed by atoms with Crippen LogP contribution in [0.1, 0.15) is 11.1 Å². The normalized spacial score (nSPS) is 10.2. The summed E-state index contributed by atoms with van der Waals surface area (Å²) in [5.74, 6) is -1.26. The van der Waals surface area contributed by atoms with Crippen molar-refractivity contribution in [1.82, 2.24) is 0 Å². The molecule has 0 spiro atoms. The van der Waals surface area contributed by atoms with E-state index in [-0.39, 0.29) is 11.1 Å². The van der Waals surface area contributed by atoms with Gasteiger partial charge in [-0.05, 0) is 24.6 Å². The molecular weight excluding hydrogens is 153 g/mol. The number of rotatable bonds is 1. The molecule has 1 aromatic carbocycles. The molecule has 0 saturated carbocycles. The van der Waals surface area contributed by atoms with Crippen LogP contribution in [0.5, 0.6) is 0 Å². The number of alkyl halides is 1. The van der Waals surface area contributed by atoms with Crippen molar-refractivity contribution < 1.29 is 13.2 Å². The molecule has 0 bridgehead atoms. The molecule has 1 aromatic rings. The summed E-state index contributed by atoms with van der Waals surface area (Å²) in [6, 6.07) is 1.90. The average Bonchev–Trinajstić information content (AvgIpc) is 1.96. The molecule has 0 aliphatic carbocycles. The van der Waals surface area contributed by atoms with Gasteiger partial charge in [-0.25, -0.2) is 13.2 Å². The van der Waals surface area contributed by atoms with Gasteiger partial charge in [0.05, 0.1) is 0 Å². The molecule has 0 atom stereocenters. The summed E-state index contributed by atoms with van der Waals surface area (Å²) in [5.41, 5.74) is -0.0832. The highest BCUT2D eigenvalue weighted by molar-refractivity contribution is 5.25. The topological polar surface area (TPSA) is 0 Å². The second-order valence-electron chi connectivity index (χ2n) is 2.33. The SMILES string of the molecule is Cc1cc(F)cc(CF)c1F. The van der Waals surface area contributed by atoms with Crippen molar-refractivity contribution in [3.63, 3.8) is 0 Å². The van der Waals surface area contributed by atoms with Crippen LogP contribution in [0.4, 0.5) is 13.2 Å². The van der Waals surface area contributed by atoms with E-state index in [1.807, 2.05) is 0 Å². The van der Waals surface area contributed by atoms with Gasteiger partial charge in [0.25, 0.3) is 0 Å². The summed E-state index contributed by atoms with van der Waals surface area (Å²) in [6.45, 7) is 0.433. The lowest BCUT2D eigenvalue weighted by atomic mass is 10.1. The molecule has 0 aromatic heterocycles. The highest BCUT2D eigenvalue weighted by atomic mass is 19.1. The number of benzene rings is 1. The predicted molar refractivity (Wildman–Crippen MR) is 35.9 cm³/mol. The smallest absolute Gasteiger partial charge is 0.132 e. The van der Waals surface area contributed by atoms with Crippen molar-refractivity contribution in [3.8, 4) is 0 Å². The molecule has 11 heavy (non-hydrogen) atoms. The molecule has 0 heterocycles. The molecule has 0 nitrogen and oxygen atoms in total. The van der Waals surface area contributed by atoms with Crippen molar-refractivity contribution in [3.05, 3.63) is 34.9 Å². The van der Waals surface area contributed by atoms with E-state index in [0.717, 1.165) is 12.1 Å². The van der Waals surface area contributed by atoms with Crippen molar-refractivity contribution in [1.29, 1.82) is 0 Å². The second-order valence-corrected chi connectivity index (χ2v) is 2.33. The molecule has 0 saturated heterocycles. The van der Waals surface area contributed by atoms with Gasteiger partial charge in [0.1, 0.15) is 18.3 Å². The van der Waals surface area contributed by atoms with E-state index in [0.29, 0.717) is 0 Å². The van der Waals surface area contributed by atoms with Gasteiger partial charge < -0.3 is 0 Å². The third-order valence-electron chi connectivity index (χ3n) is 1.44. The monoisotopic (exact) mass is 160 g/mol. The molecule has 0 aliphatic heterocycles. The standard InChI is InChI=1S/C8H7F3/c1-5-2-7(10)3-6(4-9)8(5)11/h2-3H,4H2,1H3. The zero-order valence-electron chi connectivity index (χ0n) is 6.00. The van der Waals surface area contributed by atoms with Crippen LogP contribution < -0.4 is 0 Å². The minimum Gasteiger partial charge on any atom is -0.246 e. The summed E-state index contributed by atoms with van der Waals surface area (Å²) < 4.78 is 37.2. The van der Waals surface area contributed by atoms with Crippen LogP contribution in [-0.4, -0.2) is 0 Å². The third kappa shape index (κ3) is 1.53. The maximum absolute atomic E-state index is 12.8. The summed E-state index contributed by atoms with van der Waals surface area (Å²) in [6.07, 6.45) is 0. The van der Waals surface area contributed by atoms with Gasteiger partial charge in [0.2, 0.25) is 0 Å². The van der Waals surface area contributed by atoms with E-state index in [4.69, 9.17) is 0 Å². The van der Waals surface area contributed by atoms with Crippen molar-refractivity contribution in [2.45, 2.75) is 13.6 Å². The Hall–Kier alpha value is -0.990. The molecular formula is C8H7F3.